The highest BCUT2D eigenvalue weighted by atomic mass is 16.5. The van der Waals surface area contributed by atoms with E-state index in [1.807, 2.05) is 0 Å². The molecule has 2 aromatic heterocycles. The lowest BCUT2D eigenvalue weighted by Gasteiger charge is -2.02. The Bertz CT molecular complexity index is 526. The molecule has 2 aromatic rings. The van der Waals surface area contributed by atoms with Gasteiger partial charge in [0.15, 0.2) is 11.2 Å². The molecule has 0 aliphatic carbocycles. The van der Waals surface area contributed by atoms with Gasteiger partial charge in [-0.15, -0.1) is 4.73 Å². The molecule has 13 heavy (non-hydrogen) atoms. The number of imidazole rings is 1. The Morgan fingerprint density at radius 2 is 2.31 bits per heavy atom. The third-order valence-corrected chi connectivity index (χ3v) is 1.74. The van der Waals surface area contributed by atoms with Crippen molar-refractivity contribution in [1.29, 1.82) is 0 Å². The van der Waals surface area contributed by atoms with E-state index in [4.69, 9.17) is 5.73 Å². The Morgan fingerprint density at radius 1 is 1.62 bits per heavy atom. The summed E-state index contributed by atoms with van der Waals surface area (Å²) >= 11 is 0. The summed E-state index contributed by atoms with van der Waals surface area (Å²) in [6.45, 7) is 0. The third-order valence-electron chi connectivity index (χ3n) is 1.74. The fraction of sp³-hybridized carbons (Fsp3) is 0.167. The quantitative estimate of drug-likeness (QED) is 0.505. The number of hydrogen-bond donors (Lipinski definition) is 2. The van der Waals surface area contributed by atoms with Crippen molar-refractivity contribution in [3.05, 3.63) is 16.7 Å². The zero-order valence-corrected chi connectivity index (χ0v) is 6.80. The minimum Gasteiger partial charge on any atom is -0.423 e. The van der Waals surface area contributed by atoms with Crippen molar-refractivity contribution >= 4 is 17.1 Å². The van der Waals surface area contributed by atoms with Crippen LogP contribution < -0.4 is 11.3 Å². The zero-order chi connectivity index (χ0) is 9.59. The fourth-order valence-electron chi connectivity index (χ4n) is 1.14. The minimum atomic E-state index is -0.543. The molecule has 68 valence electrons. The highest BCUT2D eigenvalue weighted by Crippen LogP contribution is 2.07. The van der Waals surface area contributed by atoms with Crippen molar-refractivity contribution in [2.75, 3.05) is 5.73 Å². The second-order valence-corrected chi connectivity index (χ2v) is 2.61. The predicted octanol–water partition coefficient (Wildman–Crippen LogP) is -1.05. The molecule has 0 bridgehead atoms. The normalized spacial score (nSPS) is 10.8. The van der Waals surface area contributed by atoms with Crippen molar-refractivity contribution in [3.63, 3.8) is 0 Å². The van der Waals surface area contributed by atoms with Crippen LogP contribution in [-0.2, 0) is 7.05 Å². The van der Waals surface area contributed by atoms with Gasteiger partial charge in [0.2, 0.25) is 5.95 Å². The minimum absolute atomic E-state index is 0.0965. The summed E-state index contributed by atoms with van der Waals surface area (Å²) in [5.41, 5.74) is 5.06. The van der Waals surface area contributed by atoms with Gasteiger partial charge in [0.1, 0.15) is 0 Å². The smallest absolute Gasteiger partial charge is 0.302 e. The van der Waals surface area contributed by atoms with E-state index in [1.165, 1.54) is 10.9 Å². The molecule has 0 saturated carbocycles. The molecule has 0 atom stereocenters. The average molecular weight is 181 g/mol. The number of anilines is 1. The number of nitrogen functional groups attached to an aromatic ring is 1. The van der Waals surface area contributed by atoms with Crippen LogP contribution in [0.3, 0.4) is 0 Å². The summed E-state index contributed by atoms with van der Waals surface area (Å²) < 4.78 is 2.11. The highest BCUT2D eigenvalue weighted by molar-refractivity contribution is 5.70. The lowest BCUT2D eigenvalue weighted by atomic mass is 10.5. The van der Waals surface area contributed by atoms with Gasteiger partial charge in [-0.25, -0.2) is 4.98 Å². The molecular formula is C6H7N5O2. The molecular weight excluding hydrogens is 174 g/mol. The second kappa shape index (κ2) is 2.22. The lowest BCUT2D eigenvalue weighted by molar-refractivity contribution is 0.198. The third kappa shape index (κ3) is 0.866. The van der Waals surface area contributed by atoms with Gasteiger partial charge in [-0.3, -0.25) is 4.79 Å². The van der Waals surface area contributed by atoms with E-state index in [0.29, 0.717) is 4.73 Å². The van der Waals surface area contributed by atoms with Gasteiger partial charge < -0.3 is 15.5 Å². The Labute approximate surface area is 72.0 Å². The molecule has 7 nitrogen and oxygen atoms in total. The number of aromatic nitrogens is 4. The van der Waals surface area contributed by atoms with Crippen LogP contribution in [0.1, 0.15) is 0 Å². The molecule has 2 heterocycles. The first-order valence-corrected chi connectivity index (χ1v) is 3.50. The molecule has 0 fully saturated rings. The van der Waals surface area contributed by atoms with E-state index in [2.05, 4.69) is 9.97 Å². The van der Waals surface area contributed by atoms with E-state index in [0.717, 1.165) is 0 Å². The van der Waals surface area contributed by atoms with E-state index in [-0.39, 0.29) is 17.1 Å². The summed E-state index contributed by atoms with van der Waals surface area (Å²) in [5.74, 6) is -0.249. The number of nitrogens with zero attached hydrogens (tertiary/aromatic N) is 4. The molecule has 0 aliphatic rings. The standard InChI is InChI=1S/C6H7N5O2/c1-10-2-8-3-4(12)9-6(7)11(13)5(3)10/h2,13H,1H3,(H2,7,9,12). The molecule has 0 unspecified atom stereocenters. The van der Waals surface area contributed by atoms with Crippen LogP contribution in [0.2, 0.25) is 0 Å². The molecule has 0 aliphatic heterocycles. The summed E-state index contributed by atoms with van der Waals surface area (Å²) in [6.07, 6.45) is 1.40. The fourth-order valence-corrected chi connectivity index (χ4v) is 1.14. The van der Waals surface area contributed by atoms with Crippen LogP contribution in [-0.4, -0.2) is 24.5 Å². The largest absolute Gasteiger partial charge is 0.423 e. The Kier molecular flexibility index (Phi) is 1.30. The Hall–Kier alpha value is -2.05. The van der Waals surface area contributed by atoms with Crippen molar-refractivity contribution in [2.45, 2.75) is 0 Å². The van der Waals surface area contributed by atoms with Gasteiger partial charge in [0.25, 0.3) is 0 Å². The van der Waals surface area contributed by atoms with E-state index in [1.54, 1.807) is 7.05 Å². The molecule has 3 N–H and O–H groups in total. The van der Waals surface area contributed by atoms with Gasteiger partial charge in [0.05, 0.1) is 6.33 Å². The molecule has 0 radical (unpaired) electrons. The molecule has 0 spiro atoms. The van der Waals surface area contributed by atoms with Gasteiger partial charge >= 0.3 is 5.56 Å². The van der Waals surface area contributed by atoms with Gasteiger partial charge in [-0.05, 0) is 0 Å². The summed E-state index contributed by atoms with van der Waals surface area (Å²) in [4.78, 5) is 18.3. The second-order valence-electron chi connectivity index (χ2n) is 2.61. The van der Waals surface area contributed by atoms with Crippen LogP contribution >= 0.6 is 0 Å². The number of hydrogen-bond acceptors (Lipinski definition) is 5. The highest BCUT2D eigenvalue weighted by Gasteiger charge is 2.11. The Morgan fingerprint density at radius 3 is 3.00 bits per heavy atom. The molecule has 0 aromatic carbocycles. The van der Waals surface area contributed by atoms with Crippen molar-refractivity contribution < 1.29 is 5.21 Å². The van der Waals surface area contributed by atoms with E-state index in [9.17, 15) is 10.0 Å². The van der Waals surface area contributed by atoms with Crippen LogP contribution in [0, 0.1) is 0 Å². The van der Waals surface area contributed by atoms with Crippen molar-refractivity contribution in [2.24, 2.45) is 7.05 Å². The van der Waals surface area contributed by atoms with Crippen LogP contribution in [0.5, 0.6) is 0 Å². The van der Waals surface area contributed by atoms with Gasteiger partial charge in [-0.2, -0.15) is 4.98 Å². The number of nitrogens with two attached hydrogens (primary N) is 1. The first-order chi connectivity index (χ1) is 6.11. The van der Waals surface area contributed by atoms with Crippen LogP contribution in [0.25, 0.3) is 11.2 Å². The van der Waals surface area contributed by atoms with Crippen LogP contribution in [0.15, 0.2) is 11.1 Å². The molecule has 7 heteroatoms. The van der Waals surface area contributed by atoms with Gasteiger partial charge in [-0.1, -0.05) is 0 Å². The number of rotatable bonds is 0. The molecule has 2 rings (SSSR count). The summed E-state index contributed by atoms with van der Waals surface area (Å²) in [5, 5.41) is 9.38. The monoisotopic (exact) mass is 181 g/mol. The summed E-state index contributed by atoms with van der Waals surface area (Å²) in [7, 11) is 1.64. The van der Waals surface area contributed by atoms with Crippen molar-refractivity contribution in [1.82, 2.24) is 19.3 Å². The Balaban J connectivity index is 3.10. The van der Waals surface area contributed by atoms with Gasteiger partial charge in [0, 0.05) is 7.05 Å². The van der Waals surface area contributed by atoms with Crippen LogP contribution in [0.4, 0.5) is 5.95 Å². The maximum atomic E-state index is 11.2. The first kappa shape index (κ1) is 7.59. The van der Waals surface area contributed by atoms with Crippen molar-refractivity contribution in [3.8, 4) is 0 Å². The maximum Gasteiger partial charge on any atom is 0.302 e. The average Bonchev–Trinajstić information content (AvgIpc) is 2.44. The SMILES string of the molecule is Cn1cnc2c(=O)nc(N)n(O)c21. The molecule has 0 saturated heterocycles. The topological polar surface area (TPSA) is 99.0 Å². The van der Waals surface area contributed by atoms with E-state index < -0.39 is 5.56 Å². The first-order valence-electron chi connectivity index (χ1n) is 3.50. The maximum absolute atomic E-state index is 11.2. The molecule has 0 amide bonds. The van der Waals surface area contributed by atoms with E-state index >= 15 is 0 Å². The lowest BCUT2D eigenvalue weighted by Crippen LogP contribution is -2.17. The number of aryl methyl sites for hydroxylation is 1. The zero-order valence-electron chi connectivity index (χ0n) is 6.80. The predicted molar refractivity (Wildman–Crippen MR) is 44.4 cm³/mol. The number of fused-ring (bicyclic) bond motifs is 1. The summed E-state index contributed by atoms with van der Waals surface area (Å²) in [6, 6.07) is 0.